The van der Waals surface area contributed by atoms with Crippen LogP contribution in [0, 0.1) is 13.8 Å². The quantitative estimate of drug-likeness (QED) is 0.128. The van der Waals surface area contributed by atoms with Crippen molar-refractivity contribution >= 4 is 34.5 Å². The van der Waals surface area contributed by atoms with Gasteiger partial charge in [0.05, 0.1) is 17.0 Å². The van der Waals surface area contributed by atoms with Crippen molar-refractivity contribution in [2.24, 2.45) is 0 Å². The SMILES string of the molecule is Cc1ccc(-c2nc3c(nc2-c2ccc(C)cc2)C(=O)c2ccccc2C3=O)cc1.O=C(C1=C(c2ccccc2)C(=O)c2ccccc2C1=O)c1ccccc1. The van der Waals surface area contributed by atoms with Crippen LogP contribution in [0.5, 0.6) is 0 Å². The van der Waals surface area contributed by atoms with Gasteiger partial charge in [0, 0.05) is 44.5 Å². The molecule has 9 rings (SSSR count). The lowest BCUT2D eigenvalue weighted by atomic mass is 9.78. The highest BCUT2D eigenvalue weighted by atomic mass is 16.2. The van der Waals surface area contributed by atoms with Crippen LogP contribution in [0.4, 0.5) is 0 Å². The van der Waals surface area contributed by atoms with E-state index in [1.807, 2.05) is 68.4 Å². The maximum atomic E-state index is 13.1. The van der Waals surface area contributed by atoms with E-state index >= 15 is 0 Å². The van der Waals surface area contributed by atoms with Crippen LogP contribution in [0.3, 0.4) is 0 Å². The van der Waals surface area contributed by atoms with Gasteiger partial charge in [-0.2, -0.15) is 0 Å². The molecule has 0 saturated carbocycles. The summed E-state index contributed by atoms with van der Waals surface area (Å²) >= 11 is 0. The molecule has 1 heterocycles. The molecule has 2 aliphatic carbocycles. The van der Waals surface area contributed by atoms with E-state index in [0.29, 0.717) is 39.2 Å². The van der Waals surface area contributed by atoms with Crippen molar-refractivity contribution in [3.05, 3.63) is 219 Å². The fourth-order valence-electron chi connectivity index (χ4n) is 6.92. The molecule has 0 bridgehead atoms. The third-order valence-electron chi connectivity index (χ3n) is 9.84. The second-order valence-corrected chi connectivity index (χ2v) is 13.6. The molecule has 268 valence electrons. The summed E-state index contributed by atoms with van der Waals surface area (Å²) in [6, 6.07) is 46.8. The van der Waals surface area contributed by atoms with Gasteiger partial charge in [-0.05, 0) is 19.4 Å². The zero-order chi connectivity index (χ0) is 38.9. The first-order valence-electron chi connectivity index (χ1n) is 18.0. The highest BCUT2D eigenvalue weighted by Gasteiger charge is 2.37. The van der Waals surface area contributed by atoms with Crippen LogP contribution in [-0.2, 0) is 0 Å². The van der Waals surface area contributed by atoms with Crippen molar-refractivity contribution in [1.82, 2.24) is 9.97 Å². The van der Waals surface area contributed by atoms with E-state index in [9.17, 15) is 24.0 Å². The Morgan fingerprint density at radius 1 is 0.375 bits per heavy atom. The van der Waals surface area contributed by atoms with Crippen molar-refractivity contribution in [3.8, 4) is 22.5 Å². The van der Waals surface area contributed by atoms with Gasteiger partial charge in [-0.25, -0.2) is 9.97 Å². The molecule has 0 N–H and O–H groups in total. The Morgan fingerprint density at radius 3 is 1.20 bits per heavy atom. The Morgan fingerprint density at radius 2 is 0.750 bits per heavy atom. The Bertz CT molecular complexity index is 2660. The Labute approximate surface area is 323 Å². The van der Waals surface area contributed by atoms with E-state index < -0.39 is 11.6 Å². The number of benzene rings is 6. The van der Waals surface area contributed by atoms with Gasteiger partial charge in [0.2, 0.25) is 11.6 Å². The highest BCUT2D eigenvalue weighted by Crippen LogP contribution is 2.36. The topological polar surface area (TPSA) is 111 Å². The van der Waals surface area contributed by atoms with Gasteiger partial charge in [0.1, 0.15) is 11.4 Å². The fraction of sp³-hybridized carbons (Fsp3) is 0.0408. The molecular weight excluding hydrogens is 697 g/mol. The van der Waals surface area contributed by atoms with Crippen molar-refractivity contribution in [2.75, 3.05) is 0 Å². The standard InChI is InChI=1S/C26H18N2O2.C23H14O3/c1-15-7-11-17(12-8-15)21-22(18-13-9-16(2)10-14-18)28-24-23(27-21)25(29)19-5-3-4-6-20(19)26(24)30;24-21(16-11-5-2-6-12-16)20-19(15-9-3-1-4-10-15)22(25)17-13-7-8-14-18(17)23(20)26/h3-14H,1-2H3;1-14H. The summed E-state index contributed by atoms with van der Waals surface area (Å²) in [4.78, 5) is 75.1. The molecule has 7 heteroatoms. The molecule has 0 atom stereocenters. The maximum absolute atomic E-state index is 13.1. The van der Waals surface area contributed by atoms with Crippen LogP contribution >= 0.6 is 0 Å². The molecule has 6 aromatic carbocycles. The average Bonchev–Trinajstić information content (AvgIpc) is 3.25. The van der Waals surface area contributed by atoms with Crippen LogP contribution < -0.4 is 0 Å². The summed E-state index contributed by atoms with van der Waals surface area (Å²) in [6.07, 6.45) is 0. The molecule has 0 aliphatic heterocycles. The summed E-state index contributed by atoms with van der Waals surface area (Å²) in [6.45, 7) is 4.03. The van der Waals surface area contributed by atoms with Crippen LogP contribution in [0.15, 0.2) is 163 Å². The van der Waals surface area contributed by atoms with E-state index in [1.54, 1.807) is 103 Å². The number of allylic oxidation sites excluding steroid dienone is 2. The summed E-state index contributed by atoms with van der Waals surface area (Å²) in [5.41, 5.74) is 7.80. The molecule has 0 radical (unpaired) electrons. The number of carbonyl (C=O) groups excluding carboxylic acids is 5. The number of ketones is 5. The number of aromatic nitrogens is 2. The minimum Gasteiger partial charge on any atom is -0.289 e. The lowest BCUT2D eigenvalue weighted by molar-refractivity contribution is 0.0940. The number of fused-ring (bicyclic) bond motifs is 3. The molecule has 0 amide bonds. The number of Topliss-reactive ketones (excluding diaryl/α,β-unsaturated/α-hetero) is 3. The van der Waals surface area contributed by atoms with Gasteiger partial charge in [0.25, 0.3) is 0 Å². The molecule has 0 fully saturated rings. The van der Waals surface area contributed by atoms with Crippen LogP contribution in [0.25, 0.3) is 28.1 Å². The van der Waals surface area contributed by atoms with Gasteiger partial charge in [-0.15, -0.1) is 0 Å². The highest BCUT2D eigenvalue weighted by molar-refractivity contribution is 6.49. The molecule has 2 aliphatic rings. The van der Waals surface area contributed by atoms with E-state index in [0.717, 1.165) is 22.3 Å². The van der Waals surface area contributed by atoms with Crippen molar-refractivity contribution in [3.63, 3.8) is 0 Å². The minimum atomic E-state index is -0.433. The number of rotatable bonds is 5. The third-order valence-corrected chi connectivity index (χ3v) is 9.84. The van der Waals surface area contributed by atoms with Crippen LogP contribution in [0.1, 0.15) is 79.9 Å². The van der Waals surface area contributed by atoms with Gasteiger partial charge < -0.3 is 0 Å². The average molecular weight is 729 g/mol. The second kappa shape index (κ2) is 14.7. The lowest BCUT2D eigenvalue weighted by Crippen LogP contribution is -2.26. The van der Waals surface area contributed by atoms with E-state index in [1.165, 1.54) is 0 Å². The molecule has 7 aromatic rings. The smallest absolute Gasteiger partial charge is 0.214 e. The molecule has 0 spiro atoms. The Hall–Kier alpha value is -7.51. The van der Waals surface area contributed by atoms with Gasteiger partial charge >= 0.3 is 0 Å². The molecule has 7 nitrogen and oxygen atoms in total. The summed E-state index contributed by atoms with van der Waals surface area (Å²) in [7, 11) is 0. The second-order valence-electron chi connectivity index (χ2n) is 13.6. The lowest BCUT2D eigenvalue weighted by Gasteiger charge is -2.20. The first kappa shape index (κ1) is 35.5. The Kier molecular flexibility index (Phi) is 9.34. The normalized spacial score (nSPS) is 13.0. The molecule has 0 saturated heterocycles. The summed E-state index contributed by atoms with van der Waals surface area (Å²) < 4.78 is 0. The fourth-order valence-corrected chi connectivity index (χ4v) is 6.92. The van der Waals surface area contributed by atoms with Crippen molar-refractivity contribution < 1.29 is 24.0 Å². The first-order valence-corrected chi connectivity index (χ1v) is 18.0. The zero-order valence-electron chi connectivity index (χ0n) is 30.4. The third kappa shape index (κ3) is 6.41. The monoisotopic (exact) mass is 728 g/mol. The van der Waals surface area contributed by atoms with Crippen molar-refractivity contribution in [2.45, 2.75) is 13.8 Å². The first-order chi connectivity index (χ1) is 27.2. The number of hydrogen-bond acceptors (Lipinski definition) is 7. The minimum absolute atomic E-state index is 0.0638. The Balaban J connectivity index is 0.000000159. The molecular formula is C49H32N2O5. The van der Waals surface area contributed by atoms with Crippen LogP contribution in [0.2, 0.25) is 0 Å². The van der Waals surface area contributed by atoms with E-state index in [-0.39, 0.29) is 45.4 Å². The number of carbonyl (C=O) groups is 5. The molecule has 1 aromatic heterocycles. The van der Waals surface area contributed by atoms with Gasteiger partial charge in [-0.3, -0.25) is 24.0 Å². The number of hydrogen-bond donors (Lipinski definition) is 0. The van der Waals surface area contributed by atoms with E-state index in [2.05, 4.69) is 0 Å². The predicted molar refractivity (Wildman–Crippen MR) is 215 cm³/mol. The van der Waals surface area contributed by atoms with Crippen LogP contribution in [-0.4, -0.2) is 38.9 Å². The summed E-state index contributed by atoms with van der Waals surface area (Å²) in [5.74, 6) is -1.68. The van der Waals surface area contributed by atoms with Crippen molar-refractivity contribution in [1.29, 1.82) is 0 Å². The van der Waals surface area contributed by atoms with E-state index in [4.69, 9.17) is 9.97 Å². The summed E-state index contributed by atoms with van der Waals surface area (Å²) in [5, 5.41) is 0. The zero-order valence-corrected chi connectivity index (χ0v) is 30.4. The van der Waals surface area contributed by atoms with Gasteiger partial charge in [0.15, 0.2) is 17.3 Å². The molecule has 56 heavy (non-hydrogen) atoms. The number of nitrogens with zero attached hydrogens (tertiary/aromatic N) is 2. The van der Waals surface area contributed by atoms with Gasteiger partial charge in [-0.1, -0.05) is 169 Å². The number of aryl methyl sites for hydroxylation is 2. The predicted octanol–water partition coefficient (Wildman–Crippen LogP) is 9.61. The maximum Gasteiger partial charge on any atom is 0.214 e. The largest absolute Gasteiger partial charge is 0.289 e. The molecule has 0 unspecified atom stereocenters.